The predicted molar refractivity (Wildman–Crippen MR) is 148 cm³/mol. The number of terminal acetylenes is 1. The lowest BCUT2D eigenvalue weighted by atomic mass is 9.98. The first-order valence-electron chi connectivity index (χ1n) is 12.6. The predicted octanol–water partition coefficient (Wildman–Crippen LogP) is 4.90. The number of ether oxygens (including phenoxy) is 1. The summed E-state index contributed by atoms with van der Waals surface area (Å²) >= 11 is 1.58. The molecule has 0 saturated carbocycles. The molecule has 1 aromatic rings. The molecule has 0 spiro atoms. The van der Waals surface area contributed by atoms with Gasteiger partial charge in [-0.3, -0.25) is 9.59 Å². The van der Waals surface area contributed by atoms with Gasteiger partial charge in [-0.25, -0.2) is 4.79 Å². The molecule has 200 valence electrons. The van der Waals surface area contributed by atoms with Crippen LogP contribution in [0.4, 0.5) is 4.79 Å². The topological polar surface area (TPSA) is 87.7 Å². The number of nitrogens with zero attached hydrogens (tertiary/aromatic N) is 1. The summed E-state index contributed by atoms with van der Waals surface area (Å²) in [4.78, 5) is 41.8. The number of carbonyl (C=O) groups excluding carboxylic acids is 3. The average molecular weight is 518 g/mol. The molecule has 0 saturated heterocycles. The van der Waals surface area contributed by atoms with E-state index in [1.54, 1.807) is 61.7 Å². The number of hydrogen-bond donors (Lipinski definition) is 2. The maximum atomic E-state index is 14.1. The fourth-order valence-corrected chi connectivity index (χ4v) is 4.07. The lowest BCUT2D eigenvalue weighted by molar-refractivity contribution is -0.145. The van der Waals surface area contributed by atoms with E-state index in [1.165, 1.54) is 0 Å². The Labute approximate surface area is 221 Å². The Bertz CT molecular complexity index is 890. The van der Waals surface area contributed by atoms with Crippen LogP contribution in [0.15, 0.2) is 24.3 Å². The molecule has 3 unspecified atom stereocenters. The zero-order valence-corrected chi connectivity index (χ0v) is 23.7. The van der Waals surface area contributed by atoms with Gasteiger partial charge in [0.1, 0.15) is 17.7 Å². The number of alkyl carbamates (subject to hydrolysis) is 1. The summed E-state index contributed by atoms with van der Waals surface area (Å²) in [6.45, 7) is 11.8. The zero-order valence-electron chi connectivity index (χ0n) is 22.8. The van der Waals surface area contributed by atoms with E-state index < -0.39 is 23.8 Å². The third-order valence-electron chi connectivity index (χ3n) is 5.67. The molecule has 36 heavy (non-hydrogen) atoms. The van der Waals surface area contributed by atoms with Crippen molar-refractivity contribution in [2.75, 3.05) is 18.6 Å². The lowest BCUT2D eigenvalue weighted by Gasteiger charge is -2.38. The Kier molecular flexibility index (Phi) is 13.5. The highest BCUT2D eigenvalue weighted by atomic mass is 32.2. The van der Waals surface area contributed by atoms with Crippen LogP contribution in [0.3, 0.4) is 0 Å². The van der Waals surface area contributed by atoms with E-state index in [0.717, 1.165) is 12.8 Å². The highest BCUT2D eigenvalue weighted by Gasteiger charge is 2.38. The van der Waals surface area contributed by atoms with Crippen LogP contribution < -0.4 is 10.6 Å². The van der Waals surface area contributed by atoms with Gasteiger partial charge in [0.2, 0.25) is 11.8 Å². The van der Waals surface area contributed by atoms with Crippen molar-refractivity contribution >= 4 is 29.7 Å². The molecular weight excluding hydrogens is 474 g/mol. The molecule has 1 rings (SSSR count). The molecule has 1 aromatic carbocycles. The van der Waals surface area contributed by atoms with Crippen LogP contribution in [0, 0.1) is 12.3 Å². The van der Waals surface area contributed by atoms with Crippen LogP contribution in [0.2, 0.25) is 0 Å². The number of amides is 3. The van der Waals surface area contributed by atoms with E-state index in [-0.39, 0.29) is 17.9 Å². The van der Waals surface area contributed by atoms with E-state index in [9.17, 15) is 14.4 Å². The van der Waals surface area contributed by atoms with Crippen LogP contribution >= 0.6 is 11.8 Å². The van der Waals surface area contributed by atoms with E-state index in [1.807, 2.05) is 20.1 Å². The lowest BCUT2D eigenvalue weighted by Crippen LogP contribution is -2.55. The SMILES string of the molecule is C#Cc1ccc(C(C(=O)NCCCC)N(C(=O)C(CCSC)NC(=O)OC(C)(C)C)C(C)CC)cc1. The molecule has 0 fully saturated rings. The fraction of sp³-hybridized carbons (Fsp3) is 0.607. The van der Waals surface area contributed by atoms with Gasteiger partial charge in [-0.05, 0) is 76.7 Å². The van der Waals surface area contributed by atoms with Gasteiger partial charge >= 0.3 is 6.09 Å². The average Bonchev–Trinajstić information content (AvgIpc) is 2.83. The number of carbonyl (C=O) groups is 3. The summed E-state index contributed by atoms with van der Waals surface area (Å²) in [7, 11) is 0. The van der Waals surface area contributed by atoms with E-state index in [4.69, 9.17) is 11.2 Å². The second kappa shape index (κ2) is 15.5. The first-order chi connectivity index (χ1) is 17.0. The standard InChI is InChI=1S/C28H43N3O4S/c1-9-12-18-29-25(32)24(22-15-13-21(11-3)14-16-22)31(20(4)10-2)26(33)23(17-19-36-8)30-27(34)35-28(5,6)7/h3,13-16,20,23-24H,9-10,12,17-19H2,1-2,4-8H3,(H,29,32)(H,30,34). The summed E-state index contributed by atoms with van der Waals surface area (Å²) in [5.74, 6) is 2.67. The van der Waals surface area contributed by atoms with Crippen molar-refractivity contribution in [3.63, 3.8) is 0 Å². The maximum absolute atomic E-state index is 14.1. The van der Waals surface area contributed by atoms with Gasteiger partial charge in [0.25, 0.3) is 0 Å². The highest BCUT2D eigenvalue weighted by Crippen LogP contribution is 2.27. The number of unbranched alkanes of at least 4 members (excludes halogenated alkanes) is 1. The molecule has 7 nitrogen and oxygen atoms in total. The van der Waals surface area contributed by atoms with Crippen LogP contribution in [-0.4, -0.2) is 59.0 Å². The molecule has 0 aromatic heterocycles. The molecule has 0 aliphatic carbocycles. The first-order valence-corrected chi connectivity index (χ1v) is 14.0. The van der Waals surface area contributed by atoms with Crippen LogP contribution in [0.5, 0.6) is 0 Å². The normalized spacial score (nSPS) is 13.6. The molecule has 0 aliphatic heterocycles. The Morgan fingerprint density at radius 2 is 1.81 bits per heavy atom. The number of nitrogens with one attached hydrogen (secondary N) is 2. The molecular formula is C28H43N3O4S. The minimum atomic E-state index is -0.867. The maximum Gasteiger partial charge on any atom is 0.408 e. The van der Waals surface area contributed by atoms with E-state index in [0.29, 0.717) is 36.3 Å². The first kappa shape index (κ1) is 31.4. The van der Waals surface area contributed by atoms with E-state index >= 15 is 0 Å². The van der Waals surface area contributed by atoms with Crippen molar-refractivity contribution < 1.29 is 19.1 Å². The van der Waals surface area contributed by atoms with Gasteiger partial charge in [-0.2, -0.15) is 11.8 Å². The molecule has 3 atom stereocenters. The second-order valence-electron chi connectivity index (χ2n) is 9.80. The molecule has 0 heterocycles. The third-order valence-corrected chi connectivity index (χ3v) is 6.31. The summed E-state index contributed by atoms with van der Waals surface area (Å²) in [5, 5.41) is 5.75. The van der Waals surface area contributed by atoms with Crippen molar-refractivity contribution in [2.24, 2.45) is 0 Å². The monoisotopic (exact) mass is 517 g/mol. The molecule has 8 heteroatoms. The summed E-state index contributed by atoms with van der Waals surface area (Å²) in [6.07, 6.45) is 9.62. The Morgan fingerprint density at radius 1 is 1.17 bits per heavy atom. The summed E-state index contributed by atoms with van der Waals surface area (Å²) < 4.78 is 5.42. The highest BCUT2D eigenvalue weighted by molar-refractivity contribution is 7.98. The Hall–Kier alpha value is -2.66. The van der Waals surface area contributed by atoms with Gasteiger partial charge in [0.05, 0.1) is 0 Å². The zero-order chi connectivity index (χ0) is 27.3. The number of thioether (sulfide) groups is 1. The van der Waals surface area contributed by atoms with Gasteiger partial charge < -0.3 is 20.3 Å². The fourth-order valence-electron chi connectivity index (χ4n) is 3.60. The third kappa shape index (κ3) is 10.1. The van der Waals surface area contributed by atoms with Crippen molar-refractivity contribution in [1.82, 2.24) is 15.5 Å². The quantitative estimate of drug-likeness (QED) is 0.287. The van der Waals surface area contributed by atoms with Crippen molar-refractivity contribution in [3.8, 4) is 12.3 Å². The van der Waals surface area contributed by atoms with Crippen LogP contribution in [0.1, 0.15) is 84.4 Å². The Balaban J connectivity index is 3.47. The molecule has 3 amide bonds. The molecule has 2 N–H and O–H groups in total. The number of hydrogen-bond acceptors (Lipinski definition) is 5. The minimum absolute atomic E-state index is 0.258. The van der Waals surface area contributed by atoms with Gasteiger partial charge in [-0.1, -0.05) is 38.3 Å². The molecule has 0 aliphatic rings. The Morgan fingerprint density at radius 3 is 2.31 bits per heavy atom. The van der Waals surface area contributed by atoms with Crippen molar-refractivity contribution in [2.45, 2.75) is 91.0 Å². The number of rotatable bonds is 13. The number of benzene rings is 1. The van der Waals surface area contributed by atoms with Gasteiger partial charge in [0.15, 0.2) is 0 Å². The van der Waals surface area contributed by atoms with Gasteiger partial charge in [-0.15, -0.1) is 6.42 Å². The second-order valence-corrected chi connectivity index (χ2v) is 10.8. The van der Waals surface area contributed by atoms with Crippen molar-refractivity contribution in [3.05, 3.63) is 35.4 Å². The minimum Gasteiger partial charge on any atom is -0.444 e. The van der Waals surface area contributed by atoms with Crippen LogP contribution in [-0.2, 0) is 14.3 Å². The van der Waals surface area contributed by atoms with Gasteiger partial charge in [0, 0.05) is 18.2 Å². The molecule has 0 radical (unpaired) electrons. The van der Waals surface area contributed by atoms with E-state index in [2.05, 4.69) is 23.5 Å². The largest absolute Gasteiger partial charge is 0.444 e. The summed E-state index contributed by atoms with van der Waals surface area (Å²) in [5.41, 5.74) is 0.654. The van der Waals surface area contributed by atoms with Crippen LogP contribution in [0.25, 0.3) is 0 Å². The molecule has 0 bridgehead atoms. The summed E-state index contributed by atoms with van der Waals surface area (Å²) in [6, 6.07) is 5.16. The smallest absolute Gasteiger partial charge is 0.408 e. The van der Waals surface area contributed by atoms with Crippen molar-refractivity contribution in [1.29, 1.82) is 0 Å².